The molecule has 2 N–H and O–H groups in total. The van der Waals surface area contributed by atoms with E-state index in [4.69, 9.17) is 23.2 Å². The van der Waals surface area contributed by atoms with Crippen LogP contribution in [0.3, 0.4) is 0 Å². The van der Waals surface area contributed by atoms with Gasteiger partial charge in [-0.2, -0.15) is 5.10 Å². The van der Waals surface area contributed by atoms with Crippen molar-refractivity contribution < 1.29 is 9.59 Å². The smallest absolute Gasteiger partial charge is 0.259 e. The summed E-state index contributed by atoms with van der Waals surface area (Å²) in [5, 5.41) is 7.27. The van der Waals surface area contributed by atoms with Gasteiger partial charge in [-0.15, -0.1) is 0 Å². The summed E-state index contributed by atoms with van der Waals surface area (Å²) in [6.07, 6.45) is 1.40. The highest BCUT2D eigenvalue weighted by atomic mass is 127. The van der Waals surface area contributed by atoms with Crippen LogP contribution in [0.1, 0.15) is 15.9 Å². The van der Waals surface area contributed by atoms with Crippen LogP contribution in [0.5, 0.6) is 0 Å². The summed E-state index contributed by atoms with van der Waals surface area (Å²) in [5.74, 6) is -0.768. The first-order chi connectivity index (χ1) is 11.5. The van der Waals surface area contributed by atoms with Gasteiger partial charge in [-0.1, -0.05) is 41.4 Å². The molecule has 124 valence electrons. The number of amides is 2. The fourth-order valence-corrected chi connectivity index (χ4v) is 2.81. The van der Waals surface area contributed by atoms with Crippen LogP contribution in [-0.4, -0.2) is 24.6 Å². The molecule has 2 aromatic carbocycles. The van der Waals surface area contributed by atoms with Crippen molar-refractivity contribution in [1.29, 1.82) is 0 Å². The highest BCUT2D eigenvalue weighted by Gasteiger charge is 2.10. The van der Waals surface area contributed by atoms with Crippen molar-refractivity contribution >= 4 is 63.8 Å². The van der Waals surface area contributed by atoms with Gasteiger partial charge >= 0.3 is 0 Å². The minimum atomic E-state index is -0.448. The van der Waals surface area contributed by atoms with E-state index in [2.05, 4.69) is 38.4 Å². The quantitative estimate of drug-likeness (QED) is 0.395. The second kappa shape index (κ2) is 9.00. The van der Waals surface area contributed by atoms with E-state index < -0.39 is 5.91 Å². The molecular formula is C16H12Cl2IN3O2. The van der Waals surface area contributed by atoms with Gasteiger partial charge in [0.05, 0.1) is 23.3 Å². The maximum Gasteiger partial charge on any atom is 0.259 e. The number of carbonyl (C=O) groups excluding carboxylic acids is 2. The second-order valence-electron chi connectivity index (χ2n) is 4.62. The molecule has 0 atom stereocenters. The van der Waals surface area contributed by atoms with Crippen molar-refractivity contribution in [2.45, 2.75) is 0 Å². The monoisotopic (exact) mass is 475 g/mol. The third-order valence-electron chi connectivity index (χ3n) is 2.88. The zero-order chi connectivity index (χ0) is 17.5. The molecule has 0 radical (unpaired) electrons. The van der Waals surface area contributed by atoms with Crippen LogP contribution < -0.4 is 10.7 Å². The number of nitrogens with one attached hydrogen (secondary N) is 2. The molecule has 0 heterocycles. The van der Waals surface area contributed by atoms with E-state index in [0.717, 1.165) is 3.57 Å². The Morgan fingerprint density at radius 1 is 1.17 bits per heavy atom. The van der Waals surface area contributed by atoms with Gasteiger partial charge in [0, 0.05) is 14.2 Å². The molecule has 2 amide bonds. The van der Waals surface area contributed by atoms with Crippen molar-refractivity contribution in [1.82, 2.24) is 10.7 Å². The first-order valence-corrected chi connectivity index (χ1v) is 8.60. The van der Waals surface area contributed by atoms with Gasteiger partial charge in [0.1, 0.15) is 0 Å². The van der Waals surface area contributed by atoms with Crippen LogP contribution in [0.4, 0.5) is 0 Å². The lowest BCUT2D eigenvalue weighted by atomic mass is 10.2. The Morgan fingerprint density at radius 3 is 2.62 bits per heavy atom. The molecule has 5 nitrogen and oxygen atoms in total. The maximum absolute atomic E-state index is 12.0. The summed E-state index contributed by atoms with van der Waals surface area (Å²) in [7, 11) is 0. The molecule has 8 heteroatoms. The number of halogens is 3. The molecule has 0 bridgehead atoms. The fraction of sp³-hybridized carbons (Fsp3) is 0.0625. The fourth-order valence-electron chi connectivity index (χ4n) is 1.72. The third-order valence-corrected chi connectivity index (χ3v) is 4.39. The third kappa shape index (κ3) is 5.47. The summed E-state index contributed by atoms with van der Waals surface area (Å²) in [6.45, 7) is -0.185. The number of hydrogen-bond acceptors (Lipinski definition) is 3. The molecule has 0 aliphatic rings. The largest absolute Gasteiger partial charge is 0.343 e. The molecule has 0 aliphatic heterocycles. The summed E-state index contributed by atoms with van der Waals surface area (Å²) in [6, 6.07) is 12.0. The second-order valence-corrected chi connectivity index (χ2v) is 6.63. The topological polar surface area (TPSA) is 70.6 Å². The minimum absolute atomic E-state index is 0.185. The number of benzene rings is 2. The maximum atomic E-state index is 12.0. The van der Waals surface area contributed by atoms with Crippen molar-refractivity contribution in [3.63, 3.8) is 0 Å². The summed E-state index contributed by atoms with van der Waals surface area (Å²) >= 11 is 13.8. The number of nitrogens with zero attached hydrogens (tertiary/aromatic N) is 1. The number of hydrogen-bond donors (Lipinski definition) is 2. The average molecular weight is 476 g/mol. The van der Waals surface area contributed by atoms with Gasteiger partial charge in [0.15, 0.2) is 0 Å². The van der Waals surface area contributed by atoms with Gasteiger partial charge in [-0.3, -0.25) is 9.59 Å². The van der Waals surface area contributed by atoms with E-state index in [-0.39, 0.29) is 12.5 Å². The molecular weight excluding hydrogens is 464 g/mol. The van der Waals surface area contributed by atoms with E-state index in [9.17, 15) is 9.59 Å². The predicted octanol–water partition coefficient (Wildman–Crippen LogP) is 3.48. The standard InChI is InChI=1S/C16H12Cl2IN3O2/c17-11-6-5-10(13(18)7-11)8-21-22-15(23)9-20-16(24)12-3-1-2-4-14(12)19/h1-8H,9H2,(H,20,24)(H,22,23)/b21-8+. The van der Waals surface area contributed by atoms with E-state index in [1.165, 1.54) is 6.21 Å². The normalized spacial score (nSPS) is 10.6. The zero-order valence-electron chi connectivity index (χ0n) is 12.2. The molecule has 24 heavy (non-hydrogen) atoms. The number of carbonyl (C=O) groups is 2. The summed E-state index contributed by atoms with van der Waals surface area (Å²) in [5.41, 5.74) is 3.45. The molecule has 2 rings (SSSR count). The van der Waals surface area contributed by atoms with Crippen molar-refractivity contribution in [2.24, 2.45) is 5.10 Å². The average Bonchev–Trinajstić information content (AvgIpc) is 2.55. The molecule has 0 aromatic heterocycles. The van der Waals surface area contributed by atoms with Gasteiger partial charge in [-0.05, 0) is 46.9 Å². The Morgan fingerprint density at radius 2 is 1.92 bits per heavy atom. The van der Waals surface area contributed by atoms with E-state index in [1.54, 1.807) is 30.3 Å². The molecule has 0 aliphatic carbocycles. The van der Waals surface area contributed by atoms with Gasteiger partial charge < -0.3 is 5.32 Å². The Balaban J connectivity index is 1.84. The zero-order valence-corrected chi connectivity index (χ0v) is 15.9. The van der Waals surface area contributed by atoms with E-state index in [1.807, 2.05) is 12.1 Å². The van der Waals surface area contributed by atoms with E-state index >= 15 is 0 Å². The van der Waals surface area contributed by atoms with Crippen LogP contribution in [0.2, 0.25) is 10.0 Å². The molecule has 0 saturated carbocycles. The predicted molar refractivity (Wildman–Crippen MR) is 104 cm³/mol. The first-order valence-electron chi connectivity index (χ1n) is 6.77. The molecule has 0 fully saturated rings. The lowest BCUT2D eigenvalue weighted by molar-refractivity contribution is -0.120. The van der Waals surface area contributed by atoms with Crippen LogP contribution in [0.25, 0.3) is 0 Å². The summed E-state index contributed by atoms with van der Waals surface area (Å²) < 4.78 is 0.809. The van der Waals surface area contributed by atoms with Gasteiger partial charge in [-0.25, -0.2) is 5.43 Å². The van der Waals surface area contributed by atoms with Crippen LogP contribution in [0, 0.1) is 3.57 Å². The van der Waals surface area contributed by atoms with Gasteiger partial charge in [0.25, 0.3) is 11.8 Å². The minimum Gasteiger partial charge on any atom is -0.343 e. The van der Waals surface area contributed by atoms with Crippen LogP contribution in [-0.2, 0) is 4.79 Å². The first kappa shape index (κ1) is 18.7. The van der Waals surface area contributed by atoms with Crippen molar-refractivity contribution in [3.05, 3.63) is 67.2 Å². The molecule has 2 aromatic rings. The van der Waals surface area contributed by atoms with Crippen LogP contribution >= 0.6 is 45.8 Å². The molecule has 0 spiro atoms. The number of rotatable bonds is 5. The highest BCUT2D eigenvalue weighted by molar-refractivity contribution is 14.1. The Hall–Kier alpha value is -1.64. The SMILES string of the molecule is O=C(CNC(=O)c1ccccc1I)N/N=C/c1ccc(Cl)cc1Cl. The lowest BCUT2D eigenvalue weighted by Crippen LogP contribution is -2.35. The Bertz CT molecular complexity index is 797. The van der Waals surface area contributed by atoms with Crippen molar-refractivity contribution in [3.8, 4) is 0 Å². The Kier molecular flexibility index (Phi) is 7.01. The van der Waals surface area contributed by atoms with Gasteiger partial charge in [0.2, 0.25) is 0 Å². The molecule has 0 saturated heterocycles. The molecule has 0 unspecified atom stereocenters. The van der Waals surface area contributed by atoms with E-state index in [0.29, 0.717) is 21.2 Å². The highest BCUT2D eigenvalue weighted by Crippen LogP contribution is 2.19. The van der Waals surface area contributed by atoms with Crippen LogP contribution in [0.15, 0.2) is 47.6 Å². The van der Waals surface area contributed by atoms with Crippen molar-refractivity contribution in [2.75, 3.05) is 6.54 Å². The number of hydrazone groups is 1. The summed E-state index contributed by atoms with van der Waals surface area (Å²) in [4.78, 5) is 23.7. The Labute approximate surface area is 162 Å². The lowest BCUT2D eigenvalue weighted by Gasteiger charge is -2.05.